The number of rotatable bonds is 76. The number of nitrogens with two attached hydrogens (primary N) is 10. The van der Waals surface area contributed by atoms with Gasteiger partial charge in [-0.15, -0.1) is 0 Å². The van der Waals surface area contributed by atoms with Crippen molar-refractivity contribution in [2.75, 3.05) is 85.1 Å². The number of carboxylic acids is 1. The first-order chi connectivity index (χ1) is 68.5. The second-order valence-corrected chi connectivity index (χ2v) is 35.0. The maximum absolute atomic E-state index is 14.9. The minimum Gasteiger partial charge on any atom is -0.481 e. The Hall–Kier alpha value is -15.1. The van der Waals surface area contributed by atoms with Crippen molar-refractivity contribution in [3.8, 4) is 0 Å². The van der Waals surface area contributed by atoms with E-state index in [-0.39, 0.29) is 186 Å². The summed E-state index contributed by atoms with van der Waals surface area (Å²) in [4.78, 5) is 276. The molecule has 0 aliphatic carbocycles. The molecular formula is C84H155N39O22. The van der Waals surface area contributed by atoms with Crippen molar-refractivity contribution in [1.82, 2.24) is 122 Å². The van der Waals surface area contributed by atoms with Crippen LogP contribution in [0.25, 0.3) is 0 Å². The van der Waals surface area contributed by atoms with Crippen molar-refractivity contribution in [2.45, 2.75) is 273 Å². The van der Waals surface area contributed by atoms with Gasteiger partial charge in [0.1, 0.15) is 84.6 Å². The Labute approximate surface area is 838 Å². The summed E-state index contributed by atoms with van der Waals surface area (Å²) < 4.78 is 0. The molecule has 1 aliphatic heterocycles. The van der Waals surface area contributed by atoms with Gasteiger partial charge in [-0.2, -0.15) is 0 Å². The van der Waals surface area contributed by atoms with Crippen LogP contribution < -0.4 is 174 Å². The van der Waals surface area contributed by atoms with E-state index in [2.05, 4.69) is 117 Å². The van der Waals surface area contributed by atoms with Gasteiger partial charge in [-0.3, -0.25) is 128 Å². The topological polar surface area (TPSA) is 1050 Å². The van der Waals surface area contributed by atoms with Crippen LogP contribution in [0.2, 0.25) is 0 Å². The van der Waals surface area contributed by atoms with E-state index in [1.807, 2.05) is 0 Å². The largest absolute Gasteiger partial charge is 0.481 e. The third kappa shape index (κ3) is 56.4. The molecule has 0 aromatic heterocycles. The molecule has 14 unspecified atom stereocenters. The number of carboxylic acid groups (broad SMARTS) is 1. The molecule has 1 fully saturated rings. The number of aliphatic carboxylic acids is 1. The standard InChI is InChI=1S/C84H155N39O22/c1-44(2)36-55(75(142)122-57(37-45(3)4)78(145)123-35-15-24-59(123)77(144)120-48(19-10-30-102-80(91)92)67(134)109-41-63(129)112-58(42-124)65(88)132)121-76(143)56(38-64(130)131)111-62(128)40-107-61(127)39-108-66(133)47(18-9-29-101-79(89)90)113-70(137)50(20-11-31-103-81(93)94)116-72(139)52(22-13-33-105-83(97)98)118-74(141)54(25-26-60(87)126)119-73(140)53(23-14-34-106-84(99)100)117-71(138)51(21-12-32-104-82(95)96)115-69(136)49(17-6-8-28-86)114-68(135)46(110-43-125)16-5-7-27-85/h43-59,124H,5-42,85-86H2,1-4H3,(H2,87,126)(H2,88,132)(H,107,127)(H,108,133)(H,109,134)(H,110,125)(H,111,128)(H,112,129)(H,113,137)(H,114,135)(H,115,136)(H,116,139)(H,117,138)(H,118,141)(H,119,140)(H,120,144)(H,121,143)(H,122,142)(H,130,131)(H4,89,90,101)(H4,91,92,102)(H4,93,94,103)(H4,95,96,104)(H4,97,98,105)(H4,99,100,106). The average Bonchev–Trinajstić information content (AvgIpc) is 1.72. The highest BCUT2D eigenvalue weighted by Gasteiger charge is 2.42. The van der Waals surface area contributed by atoms with Gasteiger partial charge >= 0.3 is 5.97 Å². The van der Waals surface area contributed by atoms with Crippen LogP contribution in [0.1, 0.15) is 188 Å². The lowest BCUT2D eigenvalue weighted by Crippen LogP contribution is -2.60. The second-order valence-electron chi connectivity index (χ2n) is 35.0. The van der Waals surface area contributed by atoms with Crippen LogP contribution >= 0.6 is 0 Å². The maximum atomic E-state index is 14.9. The number of carbonyl (C=O) groups excluding carboxylic acids is 19. The monoisotopic (exact) mass is 2060 g/mol. The molecule has 61 nitrogen and oxygen atoms in total. The SMILES string of the molecule is CC(C)CC(NC(=O)C(CC(=O)O)NC(=O)CNC(=O)CNC(=O)C(CCCNC(=N)N)NC(=O)C(CCCNC(=N)N)NC(=O)C(CCCNC(=N)N)NC(=O)C(CCC(N)=O)NC(=O)C(CCCNC(=N)N)NC(=O)C(CCCNC(=N)N)NC(=O)C(CCCCN)NC(=O)C(CCCCN)NC=O)C(=O)NC(CC(C)C)C(=O)N1CCCC1C(=O)NC(CCCNC(=N)N)C(=O)NCC(=O)NC(CO)C(N)=O. The zero-order valence-electron chi connectivity index (χ0n) is 82.5. The van der Waals surface area contributed by atoms with Crippen molar-refractivity contribution < 1.29 is 106 Å². The van der Waals surface area contributed by atoms with Gasteiger partial charge in [-0.25, -0.2) is 0 Å². The maximum Gasteiger partial charge on any atom is 0.305 e. The average molecular weight is 2060 g/mol. The zero-order chi connectivity index (χ0) is 109. The quantitative estimate of drug-likeness (QED) is 0.0116. The molecule has 50 N–H and O–H groups in total. The van der Waals surface area contributed by atoms with Gasteiger partial charge in [-0.05, 0) is 173 Å². The Morgan fingerprint density at radius 1 is 0.338 bits per heavy atom. The Bertz CT molecular complexity index is 4340. The number of primary amides is 2. The summed E-state index contributed by atoms with van der Waals surface area (Å²) in [5, 5.41) is 120. The third-order valence-electron chi connectivity index (χ3n) is 21.8. The number of amides is 19. The first-order valence-corrected chi connectivity index (χ1v) is 47.7. The number of aliphatic hydroxyl groups is 1. The molecule has 1 heterocycles. The predicted molar refractivity (Wildman–Crippen MR) is 527 cm³/mol. The fourth-order valence-electron chi connectivity index (χ4n) is 14.5. The van der Waals surface area contributed by atoms with Gasteiger partial charge in [-0.1, -0.05) is 27.7 Å². The number of unbranched alkanes of at least 4 members (excludes halogenated alkanes) is 2. The molecule has 61 heteroatoms. The molecule has 145 heavy (non-hydrogen) atoms. The van der Waals surface area contributed by atoms with E-state index in [0.29, 0.717) is 38.6 Å². The molecule has 818 valence electrons. The number of hydrogen-bond donors (Lipinski definition) is 40. The van der Waals surface area contributed by atoms with Crippen molar-refractivity contribution in [3.05, 3.63) is 0 Å². The van der Waals surface area contributed by atoms with E-state index >= 15 is 0 Å². The Balaban J connectivity index is 3.78. The molecule has 0 saturated carbocycles. The predicted octanol–water partition coefficient (Wildman–Crippen LogP) is -14.6. The Morgan fingerprint density at radius 2 is 0.628 bits per heavy atom. The lowest BCUT2D eigenvalue weighted by atomic mass is 9.99. The van der Waals surface area contributed by atoms with E-state index in [9.17, 15) is 106 Å². The molecule has 0 aromatic rings. The Kier molecular flexibility index (Phi) is 62.9. The molecular weight excluding hydrogens is 1910 g/mol. The van der Waals surface area contributed by atoms with Crippen LogP contribution in [0.3, 0.4) is 0 Å². The lowest BCUT2D eigenvalue weighted by Gasteiger charge is -2.31. The van der Waals surface area contributed by atoms with Crippen LogP contribution in [0.4, 0.5) is 0 Å². The van der Waals surface area contributed by atoms with Crippen LogP contribution in [0, 0.1) is 44.3 Å². The fraction of sp³-hybridized carbons (Fsp3) is 0.690. The summed E-state index contributed by atoms with van der Waals surface area (Å²) in [5.41, 5.74) is 55.3. The smallest absolute Gasteiger partial charge is 0.305 e. The number of hydrogen-bond acceptors (Lipinski definition) is 29. The number of carbonyl (C=O) groups is 20. The van der Waals surface area contributed by atoms with Gasteiger partial charge in [0.05, 0.1) is 32.7 Å². The number of nitrogens with one attached hydrogen (secondary N) is 28. The summed E-state index contributed by atoms with van der Waals surface area (Å²) in [7, 11) is 0. The van der Waals surface area contributed by atoms with E-state index in [0.717, 1.165) is 0 Å². The highest BCUT2D eigenvalue weighted by molar-refractivity contribution is 6.02. The zero-order valence-corrected chi connectivity index (χ0v) is 82.5. The Morgan fingerprint density at radius 3 is 0.959 bits per heavy atom. The minimum atomic E-state index is -1.95. The summed E-state index contributed by atoms with van der Waals surface area (Å²) >= 11 is 0. The first-order valence-electron chi connectivity index (χ1n) is 47.7. The first kappa shape index (κ1) is 128. The van der Waals surface area contributed by atoms with Gasteiger partial charge in [0.25, 0.3) is 0 Å². The molecule has 0 bridgehead atoms. The van der Waals surface area contributed by atoms with E-state index < -0.39 is 272 Å². The van der Waals surface area contributed by atoms with E-state index in [1.54, 1.807) is 27.7 Å². The number of likely N-dealkylation sites (tertiary alicyclic amines) is 1. The summed E-state index contributed by atoms with van der Waals surface area (Å²) in [5.74, 6) is -23.1. The van der Waals surface area contributed by atoms with Gasteiger partial charge in [0.2, 0.25) is 113 Å². The minimum absolute atomic E-state index is 0.00508. The molecule has 0 radical (unpaired) electrons. The van der Waals surface area contributed by atoms with E-state index in [4.69, 9.17) is 89.8 Å². The van der Waals surface area contributed by atoms with E-state index in [1.165, 1.54) is 4.90 Å². The van der Waals surface area contributed by atoms with Crippen LogP contribution in [-0.2, 0) is 95.9 Å². The summed E-state index contributed by atoms with van der Waals surface area (Å²) in [6.07, 6.45) is -1.61. The van der Waals surface area contributed by atoms with Crippen molar-refractivity contribution in [2.24, 2.45) is 69.2 Å². The summed E-state index contributed by atoms with van der Waals surface area (Å²) in [6.45, 7) is 3.48. The molecule has 0 aromatic carbocycles. The van der Waals surface area contributed by atoms with Gasteiger partial charge < -0.3 is 189 Å². The second kappa shape index (κ2) is 71.4. The number of guanidine groups is 6. The number of nitrogens with zero attached hydrogens (tertiary/aromatic N) is 1. The molecule has 1 rings (SSSR count). The van der Waals surface area contributed by atoms with Crippen molar-refractivity contribution in [1.29, 1.82) is 32.5 Å². The fourth-order valence-corrected chi connectivity index (χ4v) is 14.5. The van der Waals surface area contributed by atoms with Gasteiger partial charge in [0, 0.05) is 52.2 Å². The highest BCUT2D eigenvalue weighted by atomic mass is 16.4. The number of aliphatic hydroxyl groups excluding tert-OH is 1. The van der Waals surface area contributed by atoms with Crippen LogP contribution in [0.5, 0.6) is 0 Å². The molecule has 19 amide bonds. The lowest BCUT2D eigenvalue weighted by molar-refractivity contribution is -0.143. The van der Waals surface area contributed by atoms with Crippen LogP contribution in [0.15, 0.2) is 0 Å². The van der Waals surface area contributed by atoms with Crippen molar-refractivity contribution >= 4 is 154 Å². The molecule has 14 atom stereocenters. The highest BCUT2D eigenvalue weighted by Crippen LogP contribution is 2.23. The van der Waals surface area contributed by atoms with Crippen LogP contribution in [-0.4, -0.2) is 339 Å². The molecule has 1 aliphatic rings. The normalized spacial score (nSPS) is 14.6. The summed E-state index contributed by atoms with van der Waals surface area (Å²) in [6, 6.07) is -21.3. The van der Waals surface area contributed by atoms with Gasteiger partial charge in [0.15, 0.2) is 35.8 Å². The third-order valence-corrected chi connectivity index (χ3v) is 21.8. The molecule has 0 spiro atoms. The molecule has 1 saturated heterocycles. The van der Waals surface area contributed by atoms with Crippen molar-refractivity contribution in [3.63, 3.8) is 0 Å².